The lowest BCUT2D eigenvalue weighted by Crippen LogP contribution is -2.43. The number of nitrogens with two attached hydrogens (primary N) is 1. The van der Waals surface area contributed by atoms with Crippen molar-refractivity contribution in [2.24, 2.45) is 5.73 Å². The molecule has 78 valence electrons. The zero-order chi connectivity index (χ0) is 10.5. The molecule has 0 rings (SSSR count). The Balaban J connectivity index is 4.20. The van der Waals surface area contributed by atoms with Crippen LogP contribution in [0, 0.1) is 0 Å². The van der Waals surface area contributed by atoms with Crippen molar-refractivity contribution in [2.75, 3.05) is 5.75 Å². The molecule has 0 bridgehead atoms. The Bertz CT molecular complexity index is 261. The molecule has 0 fully saturated rings. The first kappa shape index (κ1) is 12.4. The van der Waals surface area contributed by atoms with Crippen LogP contribution < -0.4 is 10.5 Å². The van der Waals surface area contributed by atoms with E-state index in [1.807, 2.05) is 4.72 Å². The van der Waals surface area contributed by atoms with Gasteiger partial charge in [0.25, 0.3) is 0 Å². The Morgan fingerprint density at radius 2 is 2.00 bits per heavy atom. The zero-order valence-electron chi connectivity index (χ0n) is 7.91. The molecule has 0 aromatic carbocycles. The van der Waals surface area contributed by atoms with E-state index in [2.05, 4.69) is 0 Å². The third-order valence-electron chi connectivity index (χ3n) is 1.51. The van der Waals surface area contributed by atoms with E-state index >= 15 is 0 Å². The van der Waals surface area contributed by atoms with E-state index in [9.17, 15) is 13.2 Å². The first-order valence-corrected chi connectivity index (χ1v) is 5.88. The maximum atomic E-state index is 11.1. The predicted octanol–water partition coefficient (Wildman–Crippen LogP) is -0.420. The SMILES string of the molecule is CCCS(=O)(=O)NC(=O)C(N)CC. The van der Waals surface area contributed by atoms with Crippen molar-refractivity contribution in [1.82, 2.24) is 4.72 Å². The molecule has 5 nitrogen and oxygen atoms in total. The number of rotatable bonds is 5. The lowest BCUT2D eigenvalue weighted by Gasteiger charge is -2.09. The normalized spacial score (nSPS) is 13.8. The number of amides is 1. The van der Waals surface area contributed by atoms with Crippen molar-refractivity contribution < 1.29 is 13.2 Å². The van der Waals surface area contributed by atoms with Crippen LogP contribution in [0.2, 0.25) is 0 Å². The van der Waals surface area contributed by atoms with Crippen LogP contribution in [0.1, 0.15) is 26.7 Å². The molecule has 1 unspecified atom stereocenters. The first-order chi connectivity index (χ1) is 5.93. The summed E-state index contributed by atoms with van der Waals surface area (Å²) < 4.78 is 24.1. The number of carbonyl (C=O) groups excluding carboxylic acids is 1. The van der Waals surface area contributed by atoms with Crippen LogP contribution in [0.5, 0.6) is 0 Å². The molecule has 0 aliphatic heterocycles. The zero-order valence-corrected chi connectivity index (χ0v) is 8.73. The molecule has 6 heteroatoms. The van der Waals surface area contributed by atoms with Gasteiger partial charge in [0.15, 0.2) is 0 Å². The minimum absolute atomic E-state index is 0.0465. The largest absolute Gasteiger partial charge is 0.320 e. The molecule has 13 heavy (non-hydrogen) atoms. The minimum atomic E-state index is -3.47. The van der Waals surface area contributed by atoms with Crippen molar-refractivity contribution in [3.8, 4) is 0 Å². The summed E-state index contributed by atoms with van der Waals surface area (Å²) in [7, 11) is -3.47. The Morgan fingerprint density at radius 1 is 1.46 bits per heavy atom. The van der Waals surface area contributed by atoms with E-state index in [1.54, 1.807) is 13.8 Å². The van der Waals surface area contributed by atoms with Gasteiger partial charge < -0.3 is 5.73 Å². The summed E-state index contributed by atoms with van der Waals surface area (Å²) in [5.41, 5.74) is 5.34. The Morgan fingerprint density at radius 3 is 2.38 bits per heavy atom. The molecule has 3 N–H and O–H groups in total. The van der Waals surface area contributed by atoms with Crippen molar-refractivity contribution in [1.29, 1.82) is 0 Å². The molecule has 1 atom stereocenters. The summed E-state index contributed by atoms with van der Waals surface area (Å²) >= 11 is 0. The molecule has 0 aliphatic rings. The second-order valence-electron chi connectivity index (χ2n) is 2.80. The monoisotopic (exact) mass is 208 g/mol. The van der Waals surface area contributed by atoms with Crippen LogP contribution in [0.25, 0.3) is 0 Å². The van der Waals surface area contributed by atoms with E-state index in [4.69, 9.17) is 5.73 Å². The van der Waals surface area contributed by atoms with Crippen molar-refractivity contribution in [2.45, 2.75) is 32.7 Å². The van der Waals surface area contributed by atoms with Crippen LogP contribution >= 0.6 is 0 Å². The fourth-order valence-electron chi connectivity index (χ4n) is 0.734. The van der Waals surface area contributed by atoms with E-state index in [0.717, 1.165) is 0 Å². The van der Waals surface area contributed by atoms with Crippen molar-refractivity contribution >= 4 is 15.9 Å². The summed E-state index contributed by atoms with van der Waals surface area (Å²) in [5, 5.41) is 0. The maximum Gasteiger partial charge on any atom is 0.250 e. The van der Waals surface area contributed by atoms with Gasteiger partial charge in [0.2, 0.25) is 15.9 Å². The van der Waals surface area contributed by atoms with E-state index < -0.39 is 22.0 Å². The second-order valence-corrected chi connectivity index (χ2v) is 4.64. The summed E-state index contributed by atoms with van der Waals surface area (Å²) in [4.78, 5) is 11.0. The summed E-state index contributed by atoms with van der Waals surface area (Å²) in [5.74, 6) is -0.675. The molecule has 0 aromatic heterocycles. The van der Waals surface area contributed by atoms with E-state index in [-0.39, 0.29) is 5.75 Å². The summed E-state index contributed by atoms with van der Waals surface area (Å²) in [6.45, 7) is 3.44. The Labute approximate surface area is 78.7 Å². The van der Waals surface area contributed by atoms with E-state index in [1.165, 1.54) is 0 Å². The second kappa shape index (κ2) is 5.18. The van der Waals surface area contributed by atoms with Gasteiger partial charge >= 0.3 is 0 Å². The Hall–Kier alpha value is -0.620. The summed E-state index contributed by atoms with van der Waals surface area (Å²) in [6.07, 6.45) is 0.900. The topological polar surface area (TPSA) is 89.3 Å². The van der Waals surface area contributed by atoms with Gasteiger partial charge in [-0.2, -0.15) is 0 Å². The van der Waals surface area contributed by atoms with Gasteiger partial charge in [-0.25, -0.2) is 8.42 Å². The highest BCUT2D eigenvalue weighted by atomic mass is 32.2. The quantitative estimate of drug-likeness (QED) is 0.642. The van der Waals surface area contributed by atoms with E-state index in [0.29, 0.717) is 12.8 Å². The van der Waals surface area contributed by atoms with Crippen molar-refractivity contribution in [3.63, 3.8) is 0 Å². The highest BCUT2D eigenvalue weighted by Gasteiger charge is 2.17. The minimum Gasteiger partial charge on any atom is -0.320 e. The van der Waals surface area contributed by atoms with Gasteiger partial charge in [-0.05, 0) is 12.8 Å². The molecule has 0 radical (unpaired) electrons. The molecule has 0 spiro atoms. The molecule has 0 aliphatic carbocycles. The van der Waals surface area contributed by atoms with Crippen LogP contribution in [-0.4, -0.2) is 26.1 Å². The molecule has 0 saturated carbocycles. The smallest absolute Gasteiger partial charge is 0.250 e. The van der Waals surface area contributed by atoms with Gasteiger partial charge in [0.1, 0.15) is 0 Å². The standard InChI is InChI=1S/C7H16N2O3S/c1-3-5-13(11,12)9-7(10)6(8)4-2/h6H,3-5,8H2,1-2H3,(H,9,10). The third kappa shape index (κ3) is 4.84. The van der Waals surface area contributed by atoms with Gasteiger partial charge in [-0.15, -0.1) is 0 Å². The Kier molecular flexibility index (Phi) is 4.94. The number of sulfonamides is 1. The highest BCUT2D eigenvalue weighted by molar-refractivity contribution is 7.90. The highest BCUT2D eigenvalue weighted by Crippen LogP contribution is 1.92. The lowest BCUT2D eigenvalue weighted by atomic mass is 10.2. The molecular formula is C7H16N2O3S. The third-order valence-corrected chi connectivity index (χ3v) is 2.96. The van der Waals surface area contributed by atoms with Crippen LogP contribution in [-0.2, 0) is 14.8 Å². The average Bonchev–Trinajstić information content (AvgIpc) is 2.01. The lowest BCUT2D eigenvalue weighted by molar-refractivity contribution is -0.120. The van der Waals surface area contributed by atoms with Crippen LogP contribution in [0.15, 0.2) is 0 Å². The van der Waals surface area contributed by atoms with Crippen LogP contribution in [0.4, 0.5) is 0 Å². The molecule has 0 heterocycles. The number of carbonyl (C=O) groups is 1. The molecule has 1 amide bonds. The van der Waals surface area contributed by atoms with Crippen molar-refractivity contribution in [3.05, 3.63) is 0 Å². The van der Waals surface area contributed by atoms with Gasteiger partial charge in [-0.1, -0.05) is 13.8 Å². The maximum absolute atomic E-state index is 11.1. The molecule has 0 saturated heterocycles. The fourth-order valence-corrected chi connectivity index (χ4v) is 1.83. The van der Waals surface area contributed by atoms with Gasteiger partial charge in [0, 0.05) is 0 Å². The average molecular weight is 208 g/mol. The van der Waals surface area contributed by atoms with Gasteiger partial charge in [0.05, 0.1) is 11.8 Å². The van der Waals surface area contributed by atoms with Gasteiger partial charge in [-0.3, -0.25) is 9.52 Å². The van der Waals surface area contributed by atoms with Crippen LogP contribution in [0.3, 0.4) is 0 Å². The predicted molar refractivity (Wildman–Crippen MR) is 50.5 cm³/mol. The molecule has 0 aromatic rings. The number of hydrogen-bond donors (Lipinski definition) is 2. The first-order valence-electron chi connectivity index (χ1n) is 4.22. The number of nitrogens with one attached hydrogen (secondary N) is 1. The molecular weight excluding hydrogens is 192 g/mol. The summed E-state index contributed by atoms with van der Waals surface area (Å²) in [6, 6.07) is -0.744. The number of hydrogen-bond acceptors (Lipinski definition) is 4. The fraction of sp³-hybridized carbons (Fsp3) is 0.857.